The van der Waals surface area contributed by atoms with Crippen molar-refractivity contribution in [3.8, 4) is 0 Å². The van der Waals surface area contributed by atoms with Gasteiger partial charge in [-0.2, -0.15) is 0 Å². The molecule has 0 spiro atoms. The summed E-state index contributed by atoms with van der Waals surface area (Å²) in [6.45, 7) is 1.80. The van der Waals surface area contributed by atoms with Crippen LogP contribution in [0.1, 0.15) is 13.3 Å². The predicted octanol–water partition coefficient (Wildman–Crippen LogP) is 2.71. The van der Waals surface area contributed by atoms with Gasteiger partial charge in [0.15, 0.2) is 0 Å². The molecule has 1 rings (SSSR count). The molecule has 0 aliphatic rings. The molecule has 1 heterocycles. The van der Waals surface area contributed by atoms with Crippen LogP contribution in [0.25, 0.3) is 0 Å². The molecule has 0 aliphatic heterocycles. The number of rotatable bonds is 4. The highest BCUT2D eigenvalue weighted by atomic mass is 79.9. The monoisotopic (exact) mass is 261 g/mol. The van der Waals surface area contributed by atoms with Gasteiger partial charge < -0.3 is 5.11 Å². The normalized spacial score (nSPS) is 12.8. The molecule has 0 fully saturated rings. The van der Waals surface area contributed by atoms with Crippen molar-refractivity contribution in [1.29, 1.82) is 0 Å². The number of aliphatic hydroxyl groups excluding tert-OH is 1. The Morgan fingerprint density at radius 1 is 1.62 bits per heavy atom. The zero-order valence-corrected chi connectivity index (χ0v) is 9.81. The molecule has 1 unspecified atom stereocenters. The smallest absolute Gasteiger partial charge is 0.0960 e. The average Bonchev–Trinajstić information content (AvgIpc) is 2.08. The van der Waals surface area contributed by atoms with Gasteiger partial charge in [-0.15, -0.1) is 11.8 Å². The molecule has 1 N–H and O–H groups in total. The first-order valence-electron chi connectivity index (χ1n) is 4.11. The van der Waals surface area contributed by atoms with Gasteiger partial charge >= 0.3 is 0 Å². The molecule has 1 atom stereocenters. The number of aromatic nitrogens is 1. The van der Waals surface area contributed by atoms with Crippen molar-refractivity contribution in [1.82, 2.24) is 4.98 Å². The predicted molar refractivity (Wildman–Crippen MR) is 59.0 cm³/mol. The summed E-state index contributed by atoms with van der Waals surface area (Å²) in [4.78, 5) is 4.21. The summed E-state index contributed by atoms with van der Waals surface area (Å²) in [6, 6.07) is 3.94. The molecule has 1 aromatic heterocycles. The van der Waals surface area contributed by atoms with Crippen LogP contribution >= 0.6 is 27.7 Å². The van der Waals surface area contributed by atoms with Crippen LogP contribution in [0.4, 0.5) is 0 Å². The fourth-order valence-electron chi connectivity index (χ4n) is 0.782. The maximum Gasteiger partial charge on any atom is 0.0960 e. The quantitative estimate of drug-likeness (QED) is 0.847. The second-order valence-corrected chi connectivity index (χ2v) is 4.83. The Morgan fingerprint density at radius 2 is 2.38 bits per heavy atom. The SMILES string of the molecule is CC(O)CCSc1ccc(Br)cn1. The molecule has 4 heteroatoms. The molecule has 72 valence electrons. The molecular formula is C9H12BrNOS. The van der Waals surface area contributed by atoms with Crippen LogP contribution in [0.5, 0.6) is 0 Å². The van der Waals surface area contributed by atoms with E-state index in [9.17, 15) is 0 Å². The lowest BCUT2D eigenvalue weighted by atomic mass is 10.3. The largest absolute Gasteiger partial charge is 0.393 e. The number of aliphatic hydroxyl groups is 1. The third-order valence-electron chi connectivity index (χ3n) is 1.49. The second-order valence-electron chi connectivity index (χ2n) is 2.80. The molecule has 2 nitrogen and oxygen atoms in total. The van der Waals surface area contributed by atoms with E-state index in [0.717, 1.165) is 21.7 Å². The van der Waals surface area contributed by atoms with E-state index < -0.39 is 0 Å². The summed E-state index contributed by atoms with van der Waals surface area (Å²) in [6.07, 6.45) is 2.37. The van der Waals surface area contributed by atoms with E-state index in [0.29, 0.717) is 0 Å². The minimum atomic E-state index is -0.219. The topological polar surface area (TPSA) is 33.1 Å². The maximum absolute atomic E-state index is 9.03. The lowest BCUT2D eigenvalue weighted by Gasteiger charge is -2.02. The lowest BCUT2D eigenvalue weighted by molar-refractivity contribution is 0.192. The van der Waals surface area contributed by atoms with Gasteiger partial charge in [0.1, 0.15) is 0 Å². The molecule has 0 bridgehead atoms. The lowest BCUT2D eigenvalue weighted by Crippen LogP contribution is -2.00. The van der Waals surface area contributed by atoms with Gasteiger partial charge in [0.25, 0.3) is 0 Å². The van der Waals surface area contributed by atoms with E-state index in [1.165, 1.54) is 0 Å². The van der Waals surface area contributed by atoms with E-state index in [2.05, 4.69) is 20.9 Å². The van der Waals surface area contributed by atoms with Gasteiger partial charge in [-0.3, -0.25) is 0 Å². The Morgan fingerprint density at radius 3 is 2.92 bits per heavy atom. The van der Waals surface area contributed by atoms with Crippen LogP contribution in [0.15, 0.2) is 27.8 Å². The van der Waals surface area contributed by atoms with Crippen molar-refractivity contribution in [2.45, 2.75) is 24.5 Å². The molecule has 0 aliphatic carbocycles. The molecule has 1 aromatic rings. The van der Waals surface area contributed by atoms with E-state index in [1.54, 1.807) is 24.9 Å². The number of hydrogen-bond acceptors (Lipinski definition) is 3. The molecule has 0 radical (unpaired) electrons. The third kappa shape index (κ3) is 4.64. The van der Waals surface area contributed by atoms with Gasteiger partial charge in [-0.25, -0.2) is 4.98 Å². The second kappa shape index (κ2) is 5.62. The van der Waals surface area contributed by atoms with Crippen molar-refractivity contribution in [2.24, 2.45) is 0 Å². The van der Waals surface area contributed by atoms with Crippen molar-refractivity contribution < 1.29 is 5.11 Å². The van der Waals surface area contributed by atoms with Gasteiger partial charge in [0.05, 0.1) is 11.1 Å². The van der Waals surface area contributed by atoms with E-state index in [-0.39, 0.29) is 6.10 Å². The van der Waals surface area contributed by atoms with Gasteiger partial charge in [0.2, 0.25) is 0 Å². The van der Waals surface area contributed by atoms with Crippen LogP contribution in [0.3, 0.4) is 0 Å². The number of halogens is 1. The summed E-state index contributed by atoms with van der Waals surface area (Å²) in [7, 11) is 0. The summed E-state index contributed by atoms with van der Waals surface area (Å²) < 4.78 is 0.993. The maximum atomic E-state index is 9.03. The van der Waals surface area contributed by atoms with Gasteiger partial charge in [-0.05, 0) is 41.4 Å². The third-order valence-corrected chi connectivity index (χ3v) is 2.93. The van der Waals surface area contributed by atoms with E-state index in [1.807, 2.05) is 12.1 Å². The Kier molecular flexibility index (Phi) is 4.77. The van der Waals surface area contributed by atoms with Crippen LogP contribution in [0.2, 0.25) is 0 Å². The first kappa shape index (κ1) is 11.0. The molecule has 0 saturated heterocycles. The van der Waals surface area contributed by atoms with Crippen molar-refractivity contribution in [3.05, 3.63) is 22.8 Å². The molecule has 0 amide bonds. The van der Waals surface area contributed by atoms with Crippen LogP contribution < -0.4 is 0 Å². The fraction of sp³-hybridized carbons (Fsp3) is 0.444. The number of hydrogen-bond donors (Lipinski definition) is 1. The average molecular weight is 262 g/mol. The minimum Gasteiger partial charge on any atom is -0.393 e. The molecule has 0 saturated carbocycles. The summed E-state index contributed by atoms with van der Waals surface area (Å²) in [5, 5.41) is 10.0. The van der Waals surface area contributed by atoms with Gasteiger partial charge in [-0.1, -0.05) is 0 Å². The van der Waals surface area contributed by atoms with Crippen LogP contribution in [-0.2, 0) is 0 Å². The zero-order valence-electron chi connectivity index (χ0n) is 7.40. The Balaban J connectivity index is 2.33. The summed E-state index contributed by atoms with van der Waals surface area (Å²) >= 11 is 4.99. The molecule has 13 heavy (non-hydrogen) atoms. The highest BCUT2D eigenvalue weighted by Crippen LogP contribution is 2.18. The molecular weight excluding hydrogens is 250 g/mol. The van der Waals surface area contributed by atoms with Gasteiger partial charge in [0, 0.05) is 16.4 Å². The van der Waals surface area contributed by atoms with Crippen molar-refractivity contribution in [3.63, 3.8) is 0 Å². The summed E-state index contributed by atoms with van der Waals surface area (Å²) in [5.41, 5.74) is 0. The Labute approximate surface area is 90.9 Å². The zero-order chi connectivity index (χ0) is 9.68. The Hall–Kier alpha value is -0.0600. The summed E-state index contributed by atoms with van der Waals surface area (Å²) in [5.74, 6) is 0.909. The molecule has 0 aromatic carbocycles. The Bertz CT molecular complexity index is 250. The van der Waals surface area contributed by atoms with Crippen LogP contribution in [0, 0.1) is 0 Å². The first-order chi connectivity index (χ1) is 6.18. The van der Waals surface area contributed by atoms with Crippen molar-refractivity contribution in [2.75, 3.05) is 5.75 Å². The standard InChI is InChI=1S/C9H12BrNOS/c1-7(12)4-5-13-9-3-2-8(10)6-11-9/h2-3,6-7,12H,4-5H2,1H3. The van der Waals surface area contributed by atoms with Crippen molar-refractivity contribution >= 4 is 27.7 Å². The minimum absolute atomic E-state index is 0.219. The van der Waals surface area contributed by atoms with E-state index in [4.69, 9.17) is 5.11 Å². The fourth-order valence-corrected chi connectivity index (χ4v) is 1.98. The highest BCUT2D eigenvalue weighted by Gasteiger charge is 1.98. The van der Waals surface area contributed by atoms with Crippen LogP contribution in [-0.4, -0.2) is 21.9 Å². The number of thioether (sulfide) groups is 1. The first-order valence-corrected chi connectivity index (χ1v) is 5.89. The van der Waals surface area contributed by atoms with E-state index >= 15 is 0 Å². The number of pyridine rings is 1. The number of nitrogens with zero attached hydrogens (tertiary/aromatic N) is 1. The highest BCUT2D eigenvalue weighted by molar-refractivity contribution is 9.10.